The average molecular weight is 319 g/mol. The van der Waals surface area contributed by atoms with Gasteiger partial charge in [-0.15, -0.1) is 0 Å². The summed E-state index contributed by atoms with van der Waals surface area (Å²) in [6, 6.07) is 0. The summed E-state index contributed by atoms with van der Waals surface area (Å²) in [4.78, 5) is 11.4. The highest BCUT2D eigenvalue weighted by Crippen LogP contribution is 2.62. The van der Waals surface area contributed by atoms with Crippen LogP contribution < -0.4 is 0 Å². The van der Waals surface area contributed by atoms with Crippen molar-refractivity contribution in [3.05, 3.63) is 23.8 Å². The van der Waals surface area contributed by atoms with Crippen LogP contribution >= 0.6 is 0 Å². The van der Waals surface area contributed by atoms with Crippen LogP contribution in [0.4, 0.5) is 0 Å². The second kappa shape index (κ2) is 6.83. The molecule has 23 heavy (non-hydrogen) atoms. The predicted octanol–water partition coefficient (Wildman–Crippen LogP) is 5.68. The SMILES string of the molecule is C=C1CCC[C@@H]2[C@@](C)(CCC(C)=CC(=O)OC)[C@H](C)CC[C@@]12C. The first-order chi connectivity index (χ1) is 10.7. The number of carbonyl (C=O) groups is 1. The molecule has 2 rings (SSSR count). The van der Waals surface area contributed by atoms with Gasteiger partial charge in [0.1, 0.15) is 0 Å². The van der Waals surface area contributed by atoms with Crippen LogP contribution in [0.1, 0.15) is 72.6 Å². The molecular weight excluding hydrogens is 284 g/mol. The third-order valence-corrected chi connectivity index (χ3v) is 7.19. The van der Waals surface area contributed by atoms with Crippen LogP contribution in [-0.2, 0) is 9.53 Å². The van der Waals surface area contributed by atoms with E-state index in [9.17, 15) is 4.79 Å². The Morgan fingerprint density at radius 3 is 2.74 bits per heavy atom. The predicted molar refractivity (Wildman–Crippen MR) is 96.1 cm³/mol. The van der Waals surface area contributed by atoms with Crippen molar-refractivity contribution in [3.63, 3.8) is 0 Å². The Labute approximate surface area is 142 Å². The number of fused-ring (bicyclic) bond motifs is 1. The molecule has 2 aliphatic carbocycles. The summed E-state index contributed by atoms with van der Waals surface area (Å²) in [6.45, 7) is 13.9. The second-order valence-electron chi connectivity index (χ2n) is 8.43. The van der Waals surface area contributed by atoms with Gasteiger partial charge in [-0.2, -0.15) is 0 Å². The number of ether oxygens (including phenoxy) is 1. The maximum absolute atomic E-state index is 11.4. The quantitative estimate of drug-likeness (QED) is 0.378. The number of methoxy groups -OCH3 is 1. The molecule has 4 atom stereocenters. The molecule has 2 fully saturated rings. The van der Waals surface area contributed by atoms with Gasteiger partial charge < -0.3 is 4.74 Å². The second-order valence-corrected chi connectivity index (χ2v) is 8.43. The number of esters is 1. The highest BCUT2D eigenvalue weighted by molar-refractivity contribution is 5.82. The van der Waals surface area contributed by atoms with Crippen LogP contribution in [0.5, 0.6) is 0 Å². The molecule has 0 spiro atoms. The van der Waals surface area contributed by atoms with E-state index < -0.39 is 0 Å². The van der Waals surface area contributed by atoms with Crippen LogP contribution in [0.3, 0.4) is 0 Å². The summed E-state index contributed by atoms with van der Waals surface area (Å²) in [7, 11) is 1.44. The summed E-state index contributed by atoms with van der Waals surface area (Å²) < 4.78 is 4.75. The van der Waals surface area contributed by atoms with Crippen molar-refractivity contribution in [2.45, 2.75) is 72.6 Å². The summed E-state index contributed by atoms with van der Waals surface area (Å²) in [5.74, 6) is 1.23. The first-order valence-electron chi connectivity index (χ1n) is 9.17. The highest BCUT2D eigenvalue weighted by atomic mass is 16.5. The minimum Gasteiger partial charge on any atom is -0.466 e. The maximum Gasteiger partial charge on any atom is 0.330 e. The Balaban J connectivity index is 2.18. The number of allylic oxidation sites excluding steroid dienone is 2. The van der Waals surface area contributed by atoms with Crippen molar-refractivity contribution < 1.29 is 9.53 Å². The molecule has 2 saturated carbocycles. The number of hydrogen-bond acceptors (Lipinski definition) is 2. The normalized spacial score (nSPS) is 38.1. The summed E-state index contributed by atoms with van der Waals surface area (Å²) >= 11 is 0. The standard InChI is InChI=1S/C21H34O2/c1-15(14-19(22)23-6)10-12-20(4)17(3)11-13-21(5)16(2)8-7-9-18(20)21/h14,17-18H,2,7-13H2,1,3-6H3/t17-,18-,20+,21+/m1/s1. The summed E-state index contributed by atoms with van der Waals surface area (Å²) in [5.41, 5.74) is 3.27. The van der Waals surface area contributed by atoms with Crippen LogP contribution in [-0.4, -0.2) is 13.1 Å². The minimum absolute atomic E-state index is 0.236. The topological polar surface area (TPSA) is 26.3 Å². The lowest BCUT2D eigenvalue weighted by Gasteiger charge is -2.59. The number of rotatable bonds is 4. The van der Waals surface area contributed by atoms with E-state index in [1.165, 1.54) is 44.8 Å². The zero-order chi connectivity index (χ0) is 17.3. The molecular formula is C21H34O2. The van der Waals surface area contributed by atoms with E-state index in [0.29, 0.717) is 10.8 Å². The van der Waals surface area contributed by atoms with Crippen LogP contribution in [0, 0.1) is 22.7 Å². The fraction of sp³-hybridized carbons (Fsp3) is 0.762. The van der Waals surface area contributed by atoms with Crippen LogP contribution in [0.25, 0.3) is 0 Å². The van der Waals surface area contributed by atoms with Gasteiger partial charge in [-0.1, -0.05) is 38.5 Å². The van der Waals surface area contributed by atoms with E-state index in [0.717, 1.165) is 30.3 Å². The first kappa shape index (κ1) is 18.3. The third-order valence-electron chi connectivity index (χ3n) is 7.19. The molecule has 0 aromatic rings. The minimum atomic E-state index is -0.236. The van der Waals surface area contributed by atoms with Gasteiger partial charge in [0.05, 0.1) is 7.11 Å². The van der Waals surface area contributed by atoms with E-state index in [2.05, 4.69) is 27.4 Å². The molecule has 0 heterocycles. The van der Waals surface area contributed by atoms with Gasteiger partial charge >= 0.3 is 5.97 Å². The van der Waals surface area contributed by atoms with Crippen molar-refractivity contribution in [1.29, 1.82) is 0 Å². The molecule has 130 valence electrons. The average Bonchev–Trinajstić information content (AvgIpc) is 2.52. The molecule has 0 radical (unpaired) electrons. The molecule has 0 N–H and O–H groups in total. The number of carbonyl (C=O) groups excluding carboxylic acids is 1. The lowest BCUT2D eigenvalue weighted by Crippen LogP contribution is -2.50. The lowest BCUT2D eigenvalue weighted by atomic mass is 9.46. The summed E-state index contributed by atoms with van der Waals surface area (Å²) in [5, 5.41) is 0. The van der Waals surface area contributed by atoms with Crippen molar-refractivity contribution in [1.82, 2.24) is 0 Å². The molecule has 0 saturated heterocycles. The van der Waals surface area contributed by atoms with Gasteiger partial charge in [0.25, 0.3) is 0 Å². The third kappa shape index (κ3) is 3.41. The van der Waals surface area contributed by atoms with Crippen LogP contribution in [0.2, 0.25) is 0 Å². The monoisotopic (exact) mass is 318 g/mol. The highest BCUT2D eigenvalue weighted by Gasteiger charge is 2.53. The van der Waals surface area contributed by atoms with Gasteiger partial charge in [-0.3, -0.25) is 0 Å². The molecule has 0 aliphatic heterocycles. The Bertz CT molecular complexity index is 504. The Kier molecular flexibility index (Phi) is 5.43. The van der Waals surface area contributed by atoms with Gasteiger partial charge in [-0.05, 0) is 74.5 Å². The van der Waals surface area contributed by atoms with E-state index in [1.54, 1.807) is 6.08 Å². The van der Waals surface area contributed by atoms with E-state index in [4.69, 9.17) is 4.74 Å². The van der Waals surface area contributed by atoms with Gasteiger partial charge in [-0.25, -0.2) is 4.79 Å². The van der Waals surface area contributed by atoms with Gasteiger partial charge in [0.15, 0.2) is 0 Å². The van der Waals surface area contributed by atoms with Gasteiger partial charge in [0.2, 0.25) is 0 Å². The zero-order valence-corrected chi connectivity index (χ0v) is 15.7. The largest absolute Gasteiger partial charge is 0.466 e. The van der Waals surface area contributed by atoms with Crippen molar-refractivity contribution in [3.8, 4) is 0 Å². The Hall–Kier alpha value is -1.05. The van der Waals surface area contributed by atoms with Crippen molar-refractivity contribution in [2.24, 2.45) is 22.7 Å². The molecule has 0 bridgehead atoms. The molecule has 2 heteroatoms. The molecule has 0 aromatic heterocycles. The molecule has 0 aromatic carbocycles. The van der Waals surface area contributed by atoms with Crippen molar-refractivity contribution in [2.75, 3.05) is 7.11 Å². The van der Waals surface area contributed by atoms with Crippen molar-refractivity contribution >= 4 is 5.97 Å². The first-order valence-corrected chi connectivity index (χ1v) is 9.17. The van der Waals surface area contributed by atoms with Crippen LogP contribution in [0.15, 0.2) is 23.8 Å². The van der Waals surface area contributed by atoms with E-state index >= 15 is 0 Å². The smallest absolute Gasteiger partial charge is 0.330 e. The van der Waals surface area contributed by atoms with E-state index in [-0.39, 0.29) is 5.97 Å². The molecule has 2 nitrogen and oxygen atoms in total. The lowest BCUT2D eigenvalue weighted by molar-refractivity contribution is -0.134. The molecule has 0 unspecified atom stereocenters. The van der Waals surface area contributed by atoms with Gasteiger partial charge in [0, 0.05) is 6.08 Å². The van der Waals surface area contributed by atoms with E-state index in [1.807, 2.05) is 6.92 Å². The fourth-order valence-corrected chi connectivity index (χ4v) is 5.19. The summed E-state index contributed by atoms with van der Waals surface area (Å²) in [6.07, 6.45) is 10.2. The molecule has 2 aliphatic rings. The Morgan fingerprint density at radius 1 is 1.39 bits per heavy atom. The number of hydrogen-bond donors (Lipinski definition) is 0. The zero-order valence-electron chi connectivity index (χ0n) is 15.7. The Morgan fingerprint density at radius 2 is 2.09 bits per heavy atom. The maximum atomic E-state index is 11.4. The molecule has 0 amide bonds. The fourth-order valence-electron chi connectivity index (χ4n) is 5.19.